The van der Waals surface area contributed by atoms with E-state index in [-0.39, 0.29) is 21.9 Å². The number of rotatable bonds is 3. The summed E-state index contributed by atoms with van der Waals surface area (Å²) < 4.78 is 32.4. The molecule has 2 nitrogen and oxygen atoms in total. The van der Waals surface area contributed by atoms with Gasteiger partial charge in [0.05, 0.1) is 23.3 Å². The predicted molar refractivity (Wildman–Crippen MR) is 67.8 cm³/mol. The molecule has 0 fully saturated rings. The first-order valence-electron chi connectivity index (χ1n) is 5.37. The second-order valence-electron chi connectivity index (χ2n) is 3.75. The van der Waals surface area contributed by atoms with E-state index in [0.717, 1.165) is 6.07 Å². The van der Waals surface area contributed by atoms with Crippen LogP contribution in [-0.4, -0.2) is 12.9 Å². The van der Waals surface area contributed by atoms with Gasteiger partial charge >= 0.3 is 0 Å². The molecule has 0 aliphatic carbocycles. The molecule has 0 radical (unpaired) electrons. The lowest BCUT2D eigenvalue weighted by molar-refractivity contribution is 0.103. The Labute approximate surface area is 113 Å². The van der Waals surface area contributed by atoms with Crippen molar-refractivity contribution in [3.63, 3.8) is 0 Å². The number of methoxy groups -OCH3 is 1. The van der Waals surface area contributed by atoms with Crippen LogP contribution in [0.15, 0.2) is 36.4 Å². The largest absolute Gasteiger partial charge is 0.494 e. The van der Waals surface area contributed by atoms with Crippen LogP contribution in [0, 0.1) is 11.6 Å². The van der Waals surface area contributed by atoms with Gasteiger partial charge in [0, 0.05) is 0 Å². The average molecular weight is 283 g/mol. The normalized spacial score (nSPS) is 10.3. The van der Waals surface area contributed by atoms with Crippen molar-refractivity contribution in [2.45, 2.75) is 0 Å². The lowest BCUT2D eigenvalue weighted by atomic mass is 10.0. The third kappa shape index (κ3) is 2.44. The van der Waals surface area contributed by atoms with E-state index in [4.69, 9.17) is 16.3 Å². The number of hydrogen-bond donors (Lipinski definition) is 0. The quantitative estimate of drug-likeness (QED) is 0.799. The van der Waals surface area contributed by atoms with E-state index in [1.54, 1.807) is 0 Å². The molecule has 2 rings (SSSR count). The van der Waals surface area contributed by atoms with Crippen molar-refractivity contribution in [1.29, 1.82) is 0 Å². The number of ketones is 1. The van der Waals surface area contributed by atoms with Crippen molar-refractivity contribution in [3.8, 4) is 5.75 Å². The maximum absolute atomic E-state index is 14.0. The monoisotopic (exact) mass is 282 g/mol. The molecule has 0 N–H and O–H groups in total. The summed E-state index contributed by atoms with van der Waals surface area (Å²) in [4.78, 5) is 12.2. The molecule has 2 aromatic rings. The van der Waals surface area contributed by atoms with Gasteiger partial charge in [-0.05, 0) is 24.3 Å². The molecule has 0 amide bonds. The molecule has 0 aliphatic rings. The van der Waals surface area contributed by atoms with Crippen molar-refractivity contribution in [1.82, 2.24) is 0 Å². The highest BCUT2D eigenvalue weighted by atomic mass is 35.5. The minimum absolute atomic E-state index is 0.0628. The van der Waals surface area contributed by atoms with Crippen LogP contribution in [0.5, 0.6) is 5.75 Å². The molecule has 5 heteroatoms. The number of carbonyl (C=O) groups is 1. The highest BCUT2D eigenvalue weighted by Gasteiger charge is 2.22. The smallest absolute Gasteiger partial charge is 0.200 e. The maximum atomic E-state index is 14.0. The highest BCUT2D eigenvalue weighted by molar-refractivity contribution is 6.35. The van der Waals surface area contributed by atoms with Gasteiger partial charge in [-0.1, -0.05) is 23.7 Å². The first-order chi connectivity index (χ1) is 9.06. The van der Waals surface area contributed by atoms with Crippen molar-refractivity contribution < 1.29 is 18.3 Å². The van der Waals surface area contributed by atoms with Crippen LogP contribution in [0.1, 0.15) is 15.9 Å². The molecule has 0 aromatic heterocycles. The number of benzene rings is 2. The fraction of sp³-hybridized carbons (Fsp3) is 0.0714. The predicted octanol–water partition coefficient (Wildman–Crippen LogP) is 3.86. The molecule has 19 heavy (non-hydrogen) atoms. The van der Waals surface area contributed by atoms with Crippen LogP contribution in [0.2, 0.25) is 5.02 Å². The third-order valence-corrected chi connectivity index (χ3v) is 2.93. The summed E-state index contributed by atoms with van der Waals surface area (Å²) in [5.74, 6) is -2.54. The molecule has 2 aromatic carbocycles. The zero-order valence-corrected chi connectivity index (χ0v) is 10.7. The first-order valence-corrected chi connectivity index (χ1v) is 5.75. The standard InChI is InChI=1S/C14H9ClF2O2/c1-19-11-7-2-4-8(13(11)17)14(18)12-9(15)5-3-6-10(12)16/h2-7H,1H3. The van der Waals surface area contributed by atoms with Crippen molar-refractivity contribution in [3.05, 3.63) is 64.2 Å². The highest BCUT2D eigenvalue weighted by Crippen LogP contribution is 2.26. The zero-order chi connectivity index (χ0) is 14.0. The second-order valence-corrected chi connectivity index (χ2v) is 4.15. The Bertz CT molecular complexity index is 621. The van der Waals surface area contributed by atoms with Gasteiger partial charge < -0.3 is 4.74 Å². The zero-order valence-electron chi connectivity index (χ0n) is 9.91. The van der Waals surface area contributed by atoms with Gasteiger partial charge in [-0.2, -0.15) is 0 Å². The van der Waals surface area contributed by atoms with E-state index >= 15 is 0 Å². The van der Waals surface area contributed by atoms with Crippen molar-refractivity contribution >= 4 is 17.4 Å². The number of halogens is 3. The Morgan fingerprint density at radius 3 is 2.47 bits per heavy atom. The van der Waals surface area contributed by atoms with E-state index in [9.17, 15) is 13.6 Å². The molecule has 0 heterocycles. The summed E-state index contributed by atoms with van der Waals surface area (Å²) >= 11 is 5.79. The Morgan fingerprint density at radius 2 is 1.84 bits per heavy atom. The van der Waals surface area contributed by atoms with E-state index in [2.05, 4.69) is 0 Å². The fourth-order valence-corrected chi connectivity index (χ4v) is 1.94. The van der Waals surface area contributed by atoms with E-state index in [1.807, 2.05) is 0 Å². The van der Waals surface area contributed by atoms with E-state index in [0.29, 0.717) is 0 Å². The molecule has 0 saturated heterocycles. The second kappa shape index (κ2) is 5.36. The fourth-order valence-electron chi connectivity index (χ4n) is 1.69. The number of ether oxygens (including phenoxy) is 1. The van der Waals surface area contributed by atoms with Crippen LogP contribution < -0.4 is 4.74 Å². The van der Waals surface area contributed by atoms with E-state index in [1.165, 1.54) is 37.4 Å². The Balaban J connectivity index is 2.57. The molecule has 98 valence electrons. The van der Waals surface area contributed by atoms with Crippen molar-refractivity contribution in [2.75, 3.05) is 7.11 Å². The van der Waals surface area contributed by atoms with Crippen LogP contribution in [0.4, 0.5) is 8.78 Å². The molecular weight excluding hydrogens is 274 g/mol. The SMILES string of the molecule is COc1cccc(C(=O)c2c(F)cccc2Cl)c1F. The minimum atomic E-state index is -0.839. The van der Waals surface area contributed by atoms with Gasteiger partial charge in [-0.3, -0.25) is 4.79 Å². The Kier molecular flexibility index (Phi) is 3.81. The van der Waals surface area contributed by atoms with E-state index < -0.39 is 17.4 Å². The molecule has 0 saturated carbocycles. The lowest BCUT2D eigenvalue weighted by Crippen LogP contribution is -2.08. The molecular formula is C14H9ClF2O2. The van der Waals surface area contributed by atoms with Gasteiger partial charge in [-0.15, -0.1) is 0 Å². The summed E-state index contributed by atoms with van der Waals surface area (Å²) in [5, 5.41) is -0.0628. The third-order valence-electron chi connectivity index (χ3n) is 2.62. The summed E-state index contributed by atoms with van der Waals surface area (Å²) in [6.07, 6.45) is 0. The minimum Gasteiger partial charge on any atom is -0.494 e. The molecule has 0 spiro atoms. The Morgan fingerprint density at radius 1 is 1.16 bits per heavy atom. The van der Waals surface area contributed by atoms with Crippen LogP contribution >= 0.6 is 11.6 Å². The molecule has 0 aliphatic heterocycles. The molecule has 0 atom stereocenters. The summed E-state index contributed by atoms with van der Waals surface area (Å²) in [7, 11) is 1.28. The van der Waals surface area contributed by atoms with Gasteiger partial charge in [0.15, 0.2) is 11.6 Å². The molecule has 0 unspecified atom stereocenters. The van der Waals surface area contributed by atoms with Gasteiger partial charge in [0.1, 0.15) is 5.82 Å². The topological polar surface area (TPSA) is 26.3 Å². The number of carbonyl (C=O) groups excluding carboxylic acids is 1. The summed E-state index contributed by atoms with van der Waals surface area (Å²) in [5.41, 5.74) is -0.636. The summed E-state index contributed by atoms with van der Waals surface area (Å²) in [6, 6.07) is 7.91. The first kappa shape index (κ1) is 13.5. The van der Waals surface area contributed by atoms with Gasteiger partial charge in [0.25, 0.3) is 0 Å². The summed E-state index contributed by atoms with van der Waals surface area (Å²) in [6.45, 7) is 0. The van der Waals surface area contributed by atoms with Crippen molar-refractivity contribution in [2.24, 2.45) is 0 Å². The maximum Gasteiger partial charge on any atom is 0.200 e. The Hall–Kier alpha value is -1.94. The van der Waals surface area contributed by atoms with Crippen LogP contribution in [-0.2, 0) is 0 Å². The molecule has 0 bridgehead atoms. The van der Waals surface area contributed by atoms with Gasteiger partial charge in [0.2, 0.25) is 5.78 Å². The van der Waals surface area contributed by atoms with Crippen LogP contribution in [0.25, 0.3) is 0 Å². The van der Waals surface area contributed by atoms with Crippen LogP contribution in [0.3, 0.4) is 0 Å². The van der Waals surface area contributed by atoms with Gasteiger partial charge in [-0.25, -0.2) is 8.78 Å². The number of hydrogen-bond acceptors (Lipinski definition) is 2. The average Bonchev–Trinajstić information content (AvgIpc) is 2.38. The lowest BCUT2D eigenvalue weighted by Gasteiger charge is -2.08.